The molecule has 2 unspecified atom stereocenters. The second-order valence-corrected chi connectivity index (χ2v) is 5.65. The molecule has 2 saturated carbocycles. The molecule has 2 N–H and O–H groups in total. The maximum atomic E-state index is 11.7. The molecule has 0 spiro atoms. The number of rotatable bonds is 3. The van der Waals surface area contributed by atoms with E-state index in [-0.39, 0.29) is 6.03 Å². The SMILES string of the molecule is C/C(=C\NC(=O)NC1CCCCC1C)C1CC1. The van der Waals surface area contributed by atoms with Gasteiger partial charge in [0.15, 0.2) is 0 Å². The largest absolute Gasteiger partial charge is 0.335 e. The van der Waals surface area contributed by atoms with Crippen molar-refractivity contribution < 1.29 is 4.79 Å². The van der Waals surface area contributed by atoms with Gasteiger partial charge in [-0.15, -0.1) is 0 Å². The minimum atomic E-state index is -0.0382. The second-order valence-electron chi connectivity index (χ2n) is 5.65. The van der Waals surface area contributed by atoms with Crippen LogP contribution in [0.25, 0.3) is 0 Å². The third-order valence-electron chi connectivity index (χ3n) is 4.08. The third-order valence-corrected chi connectivity index (χ3v) is 4.08. The molecular weight excluding hydrogens is 212 g/mol. The van der Waals surface area contributed by atoms with E-state index in [1.54, 1.807) is 0 Å². The van der Waals surface area contributed by atoms with Crippen molar-refractivity contribution in [2.75, 3.05) is 0 Å². The van der Waals surface area contributed by atoms with Crippen molar-refractivity contribution in [3.05, 3.63) is 11.8 Å². The predicted octanol–water partition coefficient (Wildman–Crippen LogP) is 3.18. The van der Waals surface area contributed by atoms with Crippen LogP contribution in [0, 0.1) is 11.8 Å². The summed E-state index contributed by atoms with van der Waals surface area (Å²) in [6.07, 6.45) is 9.35. The number of hydrogen-bond donors (Lipinski definition) is 2. The van der Waals surface area contributed by atoms with Crippen LogP contribution < -0.4 is 10.6 Å². The fourth-order valence-corrected chi connectivity index (χ4v) is 2.58. The summed E-state index contributed by atoms with van der Waals surface area (Å²) in [6.45, 7) is 4.33. The summed E-state index contributed by atoms with van der Waals surface area (Å²) in [5.74, 6) is 1.34. The van der Waals surface area contributed by atoms with Crippen LogP contribution in [0.3, 0.4) is 0 Å². The van der Waals surface area contributed by atoms with Gasteiger partial charge in [-0.25, -0.2) is 4.79 Å². The van der Waals surface area contributed by atoms with Gasteiger partial charge in [0.25, 0.3) is 0 Å². The number of carbonyl (C=O) groups is 1. The number of hydrogen-bond acceptors (Lipinski definition) is 1. The van der Waals surface area contributed by atoms with Gasteiger partial charge in [-0.2, -0.15) is 0 Å². The maximum absolute atomic E-state index is 11.7. The molecule has 17 heavy (non-hydrogen) atoms. The average molecular weight is 236 g/mol. The van der Waals surface area contributed by atoms with Gasteiger partial charge in [-0.1, -0.05) is 25.3 Å². The van der Waals surface area contributed by atoms with Crippen molar-refractivity contribution in [3.63, 3.8) is 0 Å². The average Bonchev–Trinajstić information content (AvgIpc) is 3.13. The molecule has 2 aliphatic rings. The highest BCUT2D eigenvalue weighted by atomic mass is 16.2. The van der Waals surface area contributed by atoms with Crippen LogP contribution >= 0.6 is 0 Å². The van der Waals surface area contributed by atoms with E-state index in [0.717, 1.165) is 12.3 Å². The van der Waals surface area contributed by atoms with Crippen LogP contribution in [0.1, 0.15) is 52.4 Å². The number of carbonyl (C=O) groups excluding carboxylic acids is 1. The Labute approximate surface area is 104 Å². The van der Waals surface area contributed by atoms with Gasteiger partial charge in [0.05, 0.1) is 0 Å². The molecule has 0 aromatic rings. The topological polar surface area (TPSA) is 41.1 Å². The molecule has 2 aliphatic carbocycles. The van der Waals surface area contributed by atoms with Gasteiger partial charge in [0.1, 0.15) is 0 Å². The first kappa shape index (κ1) is 12.5. The summed E-state index contributed by atoms with van der Waals surface area (Å²) in [5.41, 5.74) is 1.30. The summed E-state index contributed by atoms with van der Waals surface area (Å²) < 4.78 is 0. The molecule has 0 saturated heterocycles. The summed E-state index contributed by atoms with van der Waals surface area (Å²) in [4.78, 5) is 11.7. The van der Waals surface area contributed by atoms with E-state index < -0.39 is 0 Å². The lowest BCUT2D eigenvalue weighted by Crippen LogP contribution is -2.44. The first-order valence-electron chi connectivity index (χ1n) is 6.90. The monoisotopic (exact) mass is 236 g/mol. The van der Waals surface area contributed by atoms with Gasteiger partial charge in [-0.3, -0.25) is 0 Å². The lowest BCUT2D eigenvalue weighted by atomic mass is 9.86. The molecule has 0 aliphatic heterocycles. The molecule has 0 bridgehead atoms. The second kappa shape index (κ2) is 5.56. The Balaban J connectivity index is 1.74. The Morgan fingerprint density at radius 2 is 1.88 bits per heavy atom. The van der Waals surface area contributed by atoms with Crippen molar-refractivity contribution in [3.8, 4) is 0 Å². The van der Waals surface area contributed by atoms with Crippen LogP contribution in [-0.4, -0.2) is 12.1 Å². The lowest BCUT2D eigenvalue weighted by molar-refractivity contribution is 0.225. The Bertz CT molecular complexity index is 307. The predicted molar refractivity (Wildman–Crippen MR) is 69.6 cm³/mol. The fraction of sp³-hybridized carbons (Fsp3) is 0.786. The minimum absolute atomic E-state index is 0.0382. The molecule has 0 heterocycles. The van der Waals surface area contributed by atoms with E-state index in [0.29, 0.717) is 12.0 Å². The Kier molecular flexibility index (Phi) is 4.08. The van der Waals surface area contributed by atoms with Gasteiger partial charge in [0, 0.05) is 12.2 Å². The van der Waals surface area contributed by atoms with Crippen molar-refractivity contribution in [1.29, 1.82) is 0 Å². The third kappa shape index (κ3) is 3.76. The molecule has 0 aromatic heterocycles. The van der Waals surface area contributed by atoms with E-state index >= 15 is 0 Å². The Morgan fingerprint density at radius 3 is 2.53 bits per heavy atom. The molecule has 3 nitrogen and oxygen atoms in total. The van der Waals surface area contributed by atoms with E-state index in [2.05, 4.69) is 24.5 Å². The first-order valence-corrected chi connectivity index (χ1v) is 6.90. The van der Waals surface area contributed by atoms with Crippen LogP contribution in [0.15, 0.2) is 11.8 Å². The van der Waals surface area contributed by atoms with Crippen LogP contribution in [0.5, 0.6) is 0 Å². The van der Waals surface area contributed by atoms with E-state index in [1.165, 1.54) is 37.7 Å². The van der Waals surface area contributed by atoms with Crippen molar-refractivity contribution in [2.45, 2.75) is 58.4 Å². The minimum Gasteiger partial charge on any atom is -0.335 e. The molecule has 2 amide bonds. The first-order chi connectivity index (χ1) is 8.16. The highest BCUT2D eigenvalue weighted by molar-refractivity contribution is 5.75. The van der Waals surface area contributed by atoms with Gasteiger partial charge in [-0.05, 0) is 44.4 Å². The molecule has 2 fully saturated rings. The number of urea groups is 1. The van der Waals surface area contributed by atoms with Crippen molar-refractivity contribution in [1.82, 2.24) is 10.6 Å². The maximum Gasteiger partial charge on any atom is 0.318 e. The zero-order valence-electron chi connectivity index (χ0n) is 11.0. The Morgan fingerprint density at radius 1 is 1.18 bits per heavy atom. The molecular formula is C14H24N2O. The zero-order valence-corrected chi connectivity index (χ0v) is 11.0. The Hall–Kier alpha value is -0.990. The molecule has 2 atom stereocenters. The molecule has 96 valence electrons. The standard InChI is InChI=1S/C14H24N2O/c1-10-5-3-4-6-13(10)16-14(17)15-9-11(2)12-7-8-12/h9-10,12-13H,3-8H2,1-2H3,(H2,15,16,17)/b11-9+. The zero-order chi connectivity index (χ0) is 12.3. The van der Waals surface area contributed by atoms with Gasteiger partial charge in [0.2, 0.25) is 0 Å². The number of amides is 2. The van der Waals surface area contributed by atoms with E-state index in [1.807, 2.05) is 6.20 Å². The van der Waals surface area contributed by atoms with Gasteiger partial charge < -0.3 is 10.6 Å². The van der Waals surface area contributed by atoms with Gasteiger partial charge >= 0.3 is 6.03 Å². The molecule has 3 heteroatoms. The van der Waals surface area contributed by atoms with Crippen molar-refractivity contribution in [2.24, 2.45) is 11.8 Å². The smallest absolute Gasteiger partial charge is 0.318 e. The van der Waals surface area contributed by atoms with E-state index in [9.17, 15) is 4.79 Å². The quantitative estimate of drug-likeness (QED) is 0.776. The summed E-state index contributed by atoms with van der Waals surface area (Å²) >= 11 is 0. The number of nitrogens with one attached hydrogen (secondary N) is 2. The van der Waals surface area contributed by atoms with Crippen LogP contribution in [-0.2, 0) is 0 Å². The summed E-state index contributed by atoms with van der Waals surface area (Å²) in [6, 6.07) is 0.321. The van der Waals surface area contributed by atoms with E-state index in [4.69, 9.17) is 0 Å². The van der Waals surface area contributed by atoms with Crippen molar-refractivity contribution >= 4 is 6.03 Å². The summed E-state index contributed by atoms with van der Waals surface area (Å²) in [7, 11) is 0. The number of allylic oxidation sites excluding steroid dienone is 1. The summed E-state index contributed by atoms with van der Waals surface area (Å²) in [5, 5.41) is 5.95. The normalized spacial score (nSPS) is 29.9. The van der Waals surface area contributed by atoms with Crippen LogP contribution in [0.4, 0.5) is 4.79 Å². The lowest BCUT2D eigenvalue weighted by Gasteiger charge is -2.29. The molecule has 2 rings (SSSR count). The fourth-order valence-electron chi connectivity index (χ4n) is 2.58. The molecule has 0 radical (unpaired) electrons. The highest BCUT2D eigenvalue weighted by Crippen LogP contribution is 2.35. The highest BCUT2D eigenvalue weighted by Gasteiger charge is 2.24. The van der Waals surface area contributed by atoms with Crippen LogP contribution in [0.2, 0.25) is 0 Å². The molecule has 0 aromatic carbocycles.